The number of aromatic nitrogens is 3. The first-order valence-electron chi connectivity index (χ1n) is 4.02. The van der Waals surface area contributed by atoms with Gasteiger partial charge < -0.3 is 0 Å². The fourth-order valence-electron chi connectivity index (χ4n) is 0.924. The molecule has 0 aromatic carbocycles. The SMILES string of the molecule is C=CCn1[c]nn(CC=C)c(=O)c1=O. The first kappa shape index (κ1) is 10.2. The summed E-state index contributed by atoms with van der Waals surface area (Å²) in [5, 5.41) is 3.67. The van der Waals surface area contributed by atoms with Crippen molar-refractivity contribution in [1.82, 2.24) is 14.3 Å². The Balaban J connectivity index is 3.26. The Kier molecular flexibility index (Phi) is 3.17. The van der Waals surface area contributed by atoms with Crippen molar-refractivity contribution in [2.24, 2.45) is 0 Å². The molecule has 1 radical (unpaired) electrons. The van der Waals surface area contributed by atoms with E-state index in [0.29, 0.717) is 0 Å². The van der Waals surface area contributed by atoms with Gasteiger partial charge in [0.1, 0.15) is 0 Å². The van der Waals surface area contributed by atoms with E-state index in [4.69, 9.17) is 0 Å². The van der Waals surface area contributed by atoms with Gasteiger partial charge in [0, 0.05) is 6.54 Å². The van der Waals surface area contributed by atoms with E-state index in [2.05, 4.69) is 24.6 Å². The largest absolute Gasteiger partial charge is 0.332 e. The van der Waals surface area contributed by atoms with E-state index >= 15 is 0 Å². The summed E-state index contributed by atoms with van der Waals surface area (Å²) in [6, 6.07) is 0. The van der Waals surface area contributed by atoms with Crippen molar-refractivity contribution in [3.8, 4) is 0 Å². The summed E-state index contributed by atoms with van der Waals surface area (Å²) < 4.78 is 2.09. The molecule has 0 saturated heterocycles. The van der Waals surface area contributed by atoms with Crippen LogP contribution in [0.25, 0.3) is 0 Å². The summed E-state index contributed by atoms with van der Waals surface area (Å²) in [5.41, 5.74) is -1.33. The lowest BCUT2D eigenvalue weighted by molar-refractivity contribution is 0.575. The monoisotopic (exact) mass is 192 g/mol. The van der Waals surface area contributed by atoms with Crippen LogP contribution in [0.3, 0.4) is 0 Å². The maximum Gasteiger partial charge on any atom is 0.332 e. The fourth-order valence-corrected chi connectivity index (χ4v) is 0.924. The van der Waals surface area contributed by atoms with Crippen LogP contribution in [-0.4, -0.2) is 14.3 Å². The van der Waals surface area contributed by atoms with Crippen LogP contribution in [0, 0.1) is 6.33 Å². The minimum atomic E-state index is -0.675. The molecule has 0 atom stereocenters. The second kappa shape index (κ2) is 4.36. The van der Waals surface area contributed by atoms with E-state index in [1.807, 2.05) is 0 Å². The summed E-state index contributed by atoms with van der Waals surface area (Å²) in [6.45, 7) is 7.34. The van der Waals surface area contributed by atoms with Crippen LogP contribution in [0.2, 0.25) is 0 Å². The molecule has 0 amide bonds. The third-order valence-corrected chi connectivity index (χ3v) is 1.56. The Morgan fingerprint density at radius 2 is 1.86 bits per heavy atom. The van der Waals surface area contributed by atoms with Gasteiger partial charge in [-0.2, -0.15) is 0 Å². The molecule has 14 heavy (non-hydrogen) atoms. The van der Waals surface area contributed by atoms with Crippen LogP contribution in [0.5, 0.6) is 0 Å². The zero-order valence-corrected chi connectivity index (χ0v) is 7.64. The molecule has 5 nitrogen and oxygen atoms in total. The topological polar surface area (TPSA) is 56.9 Å². The second-order valence-corrected chi connectivity index (χ2v) is 2.58. The lowest BCUT2D eigenvalue weighted by atomic mass is 10.5. The maximum absolute atomic E-state index is 11.3. The minimum Gasteiger partial charge on any atom is -0.280 e. The van der Waals surface area contributed by atoms with E-state index in [-0.39, 0.29) is 13.1 Å². The van der Waals surface area contributed by atoms with Gasteiger partial charge >= 0.3 is 11.1 Å². The lowest BCUT2D eigenvalue weighted by Crippen LogP contribution is -2.42. The average Bonchev–Trinajstić information content (AvgIpc) is 2.18. The highest BCUT2D eigenvalue weighted by Crippen LogP contribution is 1.76. The molecular weight excluding hydrogens is 182 g/mol. The Hall–Kier alpha value is -1.91. The highest BCUT2D eigenvalue weighted by Gasteiger charge is 2.03. The minimum absolute atomic E-state index is 0.208. The Morgan fingerprint density at radius 3 is 2.43 bits per heavy atom. The summed E-state index contributed by atoms with van der Waals surface area (Å²) in [5.74, 6) is 0. The molecule has 5 heteroatoms. The Bertz CT molecular complexity index is 413. The van der Waals surface area contributed by atoms with Crippen molar-refractivity contribution in [2.75, 3.05) is 0 Å². The van der Waals surface area contributed by atoms with Crippen molar-refractivity contribution < 1.29 is 0 Å². The van der Waals surface area contributed by atoms with Crippen LogP contribution in [0.15, 0.2) is 34.9 Å². The number of allylic oxidation sites excluding steroid dienone is 2. The molecule has 73 valence electrons. The smallest absolute Gasteiger partial charge is 0.280 e. The van der Waals surface area contributed by atoms with Crippen LogP contribution in [-0.2, 0) is 13.1 Å². The molecule has 1 aromatic rings. The van der Waals surface area contributed by atoms with Crippen LogP contribution in [0.4, 0.5) is 0 Å². The number of hydrogen-bond donors (Lipinski definition) is 0. The van der Waals surface area contributed by atoms with E-state index in [1.54, 1.807) is 0 Å². The molecule has 0 N–H and O–H groups in total. The predicted molar refractivity (Wildman–Crippen MR) is 52.0 cm³/mol. The van der Waals surface area contributed by atoms with Crippen LogP contribution < -0.4 is 11.1 Å². The van der Waals surface area contributed by atoms with Gasteiger partial charge in [-0.1, -0.05) is 12.2 Å². The molecule has 0 fully saturated rings. The first-order chi connectivity index (χ1) is 6.70. The predicted octanol–water partition coefficient (Wildman–Crippen LogP) is -0.423. The lowest BCUT2D eigenvalue weighted by Gasteiger charge is -2.01. The average molecular weight is 192 g/mol. The van der Waals surface area contributed by atoms with Gasteiger partial charge in [0.05, 0.1) is 6.54 Å². The van der Waals surface area contributed by atoms with E-state index in [0.717, 1.165) is 9.25 Å². The summed E-state index contributed by atoms with van der Waals surface area (Å²) in [6.07, 6.45) is 5.41. The van der Waals surface area contributed by atoms with Gasteiger partial charge in [0.15, 0.2) is 0 Å². The first-order valence-corrected chi connectivity index (χ1v) is 4.02. The Morgan fingerprint density at radius 1 is 1.21 bits per heavy atom. The molecule has 1 aromatic heterocycles. The maximum atomic E-state index is 11.3. The van der Waals surface area contributed by atoms with Crippen molar-refractivity contribution in [2.45, 2.75) is 13.1 Å². The van der Waals surface area contributed by atoms with Crippen molar-refractivity contribution >= 4 is 0 Å². The summed E-state index contributed by atoms with van der Waals surface area (Å²) in [4.78, 5) is 22.6. The van der Waals surface area contributed by atoms with Crippen LogP contribution >= 0.6 is 0 Å². The van der Waals surface area contributed by atoms with Gasteiger partial charge in [-0.3, -0.25) is 14.2 Å². The van der Waals surface area contributed by atoms with Gasteiger partial charge in [-0.25, -0.2) is 4.68 Å². The van der Waals surface area contributed by atoms with Gasteiger partial charge in [0.25, 0.3) is 0 Å². The molecule has 0 unspecified atom stereocenters. The highest BCUT2D eigenvalue weighted by molar-refractivity contribution is 4.81. The molecule has 0 aliphatic rings. The number of rotatable bonds is 4. The molecule has 0 saturated carbocycles. The highest BCUT2D eigenvalue weighted by atomic mass is 16.2. The molecule has 0 aliphatic carbocycles. The number of hydrogen-bond acceptors (Lipinski definition) is 3. The fraction of sp³-hybridized carbons (Fsp3) is 0.222. The molecule has 0 spiro atoms. The normalized spacial score (nSPS) is 9.71. The van der Waals surface area contributed by atoms with E-state index in [9.17, 15) is 9.59 Å². The third-order valence-electron chi connectivity index (χ3n) is 1.56. The van der Waals surface area contributed by atoms with Crippen molar-refractivity contribution in [3.05, 3.63) is 52.3 Å². The second-order valence-electron chi connectivity index (χ2n) is 2.58. The molecule has 1 heterocycles. The summed E-state index contributed by atoms with van der Waals surface area (Å²) in [7, 11) is 0. The molecular formula is C9H10N3O2. The van der Waals surface area contributed by atoms with Gasteiger partial charge in [0.2, 0.25) is 6.33 Å². The van der Waals surface area contributed by atoms with Gasteiger partial charge in [-0.15, -0.1) is 18.3 Å². The number of nitrogens with zero attached hydrogens (tertiary/aromatic N) is 3. The molecule has 0 aliphatic heterocycles. The van der Waals surface area contributed by atoms with Crippen LogP contribution in [0.1, 0.15) is 0 Å². The zero-order valence-electron chi connectivity index (χ0n) is 7.64. The Labute approximate surface area is 80.6 Å². The zero-order chi connectivity index (χ0) is 10.6. The van der Waals surface area contributed by atoms with Gasteiger partial charge in [-0.05, 0) is 0 Å². The van der Waals surface area contributed by atoms with Crippen molar-refractivity contribution in [3.63, 3.8) is 0 Å². The van der Waals surface area contributed by atoms with E-state index in [1.165, 1.54) is 12.2 Å². The standard InChI is InChI=1S/C9H10N3O2/c1-3-5-11-7-10-12(6-4-2)9(14)8(11)13/h3-4H,1-2,5-6H2. The molecule has 1 rings (SSSR count). The third kappa shape index (κ3) is 1.87. The summed E-state index contributed by atoms with van der Waals surface area (Å²) >= 11 is 0. The van der Waals surface area contributed by atoms with Crippen molar-refractivity contribution in [1.29, 1.82) is 0 Å². The molecule has 0 bridgehead atoms. The van der Waals surface area contributed by atoms with E-state index < -0.39 is 11.1 Å². The quantitative estimate of drug-likeness (QED) is 0.480.